The minimum atomic E-state index is -4.08. The van der Waals surface area contributed by atoms with E-state index in [4.69, 9.17) is 0 Å². The summed E-state index contributed by atoms with van der Waals surface area (Å²) in [7, 11) is -4.08. The van der Waals surface area contributed by atoms with Crippen LogP contribution in [0.1, 0.15) is 24.1 Å². The van der Waals surface area contributed by atoms with Gasteiger partial charge in [-0.1, -0.05) is 18.2 Å². The normalized spacial score (nSPS) is 15.9. The van der Waals surface area contributed by atoms with Crippen LogP contribution >= 0.6 is 0 Å². The van der Waals surface area contributed by atoms with E-state index >= 15 is 0 Å². The van der Waals surface area contributed by atoms with Crippen molar-refractivity contribution >= 4 is 27.9 Å². The van der Waals surface area contributed by atoms with Gasteiger partial charge in [0.2, 0.25) is 11.8 Å². The van der Waals surface area contributed by atoms with Crippen molar-refractivity contribution in [3.8, 4) is 0 Å². The molecule has 0 aliphatic carbocycles. The van der Waals surface area contributed by atoms with E-state index in [1.54, 1.807) is 37.6 Å². The number of aromatic nitrogens is 2. The molecule has 4 N–H and O–H groups in total. The van der Waals surface area contributed by atoms with Gasteiger partial charge in [-0.2, -0.15) is 0 Å². The second-order valence-electron chi connectivity index (χ2n) is 7.42. The number of sulfonamides is 1. The quantitative estimate of drug-likeness (QED) is 0.435. The molecule has 1 atom stereocenters. The maximum atomic E-state index is 12.6. The molecule has 4 amide bonds. The monoisotopic (exact) mass is 462 g/mol. The number of aryl methyl sites for hydroxylation is 1. The summed E-state index contributed by atoms with van der Waals surface area (Å²) >= 11 is 0. The Bertz CT molecular complexity index is 1070. The molecule has 2 heterocycles. The van der Waals surface area contributed by atoms with Crippen LogP contribution in [0.25, 0.3) is 0 Å². The number of nitrogens with one attached hydrogen (secondary N) is 4. The van der Waals surface area contributed by atoms with Crippen LogP contribution in [0.15, 0.2) is 41.7 Å². The molecule has 1 fully saturated rings. The molecule has 0 unspecified atom stereocenters. The van der Waals surface area contributed by atoms with E-state index in [0.29, 0.717) is 31.4 Å². The Labute approximate surface area is 186 Å². The lowest BCUT2D eigenvalue weighted by atomic mass is 10.2. The number of imidazole rings is 1. The van der Waals surface area contributed by atoms with E-state index in [0.717, 1.165) is 5.69 Å². The summed E-state index contributed by atoms with van der Waals surface area (Å²) in [5.74, 6) is -0.872. The molecule has 0 radical (unpaired) electrons. The molecular formula is C20H26N6O5S. The molecular weight excluding hydrogens is 436 g/mol. The SMILES string of the molecule is Cc1ccccc1S(=O)(=O)NC(=O)N1CCC[C@H]1C(=O)NCC(=O)NCCc1cnc[nH]1. The average Bonchev–Trinajstić information content (AvgIpc) is 3.44. The Morgan fingerprint density at radius 2 is 2.00 bits per heavy atom. The average molecular weight is 463 g/mol. The Morgan fingerprint density at radius 3 is 2.72 bits per heavy atom. The lowest BCUT2D eigenvalue weighted by Crippen LogP contribution is -2.51. The van der Waals surface area contributed by atoms with Crippen molar-refractivity contribution in [3.05, 3.63) is 48.0 Å². The Hall–Kier alpha value is -3.41. The molecule has 3 rings (SSSR count). The number of carbonyl (C=O) groups excluding carboxylic acids is 3. The molecule has 1 saturated heterocycles. The second kappa shape index (κ2) is 10.3. The highest BCUT2D eigenvalue weighted by Gasteiger charge is 2.36. The first kappa shape index (κ1) is 23.3. The fourth-order valence-corrected chi connectivity index (χ4v) is 4.68. The van der Waals surface area contributed by atoms with Crippen LogP contribution in [-0.2, 0) is 26.0 Å². The zero-order valence-electron chi connectivity index (χ0n) is 17.6. The van der Waals surface area contributed by atoms with Gasteiger partial charge in [-0.05, 0) is 31.4 Å². The topological polar surface area (TPSA) is 153 Å². The molecule has 32 heavy (non-hydrogen) atoms. The van der Waals surface area contributed by atoms with Crippen LogP contribution in [0, 0.1) is 6.92 Å². The van der Waals surface area contributed by atoms with Crippen LogP contribution in [0.4, 0.5) is 4.79 Å². The maximum absolute atomic E-state index is 12.6. The molecule has 0 saturated carbocycles. The second-order valence-corrected chi connectivity index (χ2v) is 9.07. The van der Waals surface area contributed by atoms with Gasteiger partial charge >= 0.3 is 6.03 Å². The van der Waals surface area contributed by atoms with Crippen LogP contribution in [0.3, 0.4) is 0 Å². The molecule has 1 aliphatic heterocycles. The van der Waals surface area contributed by atoms with Crippen molar-refractivity contribution in [1.29, 1.82) is 0 Å². The highest BCUT2D eigenvalue weighted by Crippen LogP contribution is 2.19. The Morgan fingerprint density at radius 1 is 1.22 bits per heavy atom. The van der Waals surface area contributed by atoms with Crippen LogP contribution in [-0.4, -0.2) is 66.8 Å². The Kier molecular flexibility index (Phi) is 7.46. The molecule has 1 aromatic carbocycles. The molecule has 0 spiro atoms. The molecule has 1 aliphatic rings. The molecule has 1 aromatic heterocycles. The van der Waals surface area contributed by atoms with Crippen molar-refractivity contribution in [2.24, 2.45) is 0 Å². The van der Waals surface area contributed by atoms with Crippen molar-refractivity contribution in [2.45, 2.75) is 37.1 Å². The van der Waals surface area contributed by atoms with Gasteiger partial charge in [-0.25, -0.2) is 22.9 Å². The van der Waals surface area contributed by atoms with Crippen LogP contribution in [0.5, 0.6) is 0 Å². The number of aromatic amines is 1. The summed E-state index contributed by atoms with van der Waals surface area (Å²) < 4.78 is 27.2. The van der Waals surface area contributed by atoms with E-state index in [1.807, 2.05) is 4.72 Å². The number of urea groups is 1. The Balaban J connectivity index is 1.50. The predicted molar refractivity (Wildman–Crippen MR) is 115 cm³/mol. The van der Waals surface area contributed by atoms with Gasteiger partial charge in [-0.3, -0.25) is 9.59 Å². The van der Waals surface area contributed by atoms with Crippen molar-refractivity contribution in [2.75, 3.05) is 19.6 Å². The van der Waals surface area contributed by atoms with E-state index in [2.05, 4.69) is 20.6 Å². The van der Waals surface area contributed by atoms with E-state index in [9.17, 15) is 22.8 Å². The summed E-state index contributed by atoms with van der Waals surface area (Å²) in [6, 6.07) is 4.59. The minimum Gasteiger partial charge on any atom is -0.354 e. The summed E-state index contributed by atoms with van der Waals surface area (Å²) in [5.41, 5.74) is 1.38. The number of benzene rings is 1. The first-order valence-corrected chi connectivity index (χ1v) is 11.7. The zero-order chi connectivity index (χ0) is 23.1. The number of likely N-dealkylation sites (tertiary alicyclic amines) is 1. The molecule has 0 bridgehead atoms. The summed E-state index contributed by atoms with van der Waals surface area (Å²) in [4.78, 5) is 45.1. The van der Waals surface area contributed by atoms with E-state index in [-0.39, 0.29) is 23.9 Å². The van der Waals surface area contributed by atoms with Gasteiger partial charge in [0.05, 0.1) is 17.8 Å². The number of hydrogen-bond acceptors (Lipinski definition) is 6. The minimum absolute atomic E-state index is 0.000323. The van der Waals surface area contributed by atoms with Gasteiger partial charge in [0.15, 0.2) is 0 Å². The number of H-pyrrole nitrogens is 1. The fourth-order valence-electron chi connectivity index (χ4n) is 3.47. The summed E-state index contributed by atoms with van der Waals surface area (Å²) in [6.07, 6.45) is 4.71. The third-order valence-electron chi connectivity index (χ3n) is 5.12. The number of rotatable bonds is 8. The van der Waals surface area contributed by atoms with Crippen molar-refractivity contribution in [3.63, 3.8) is 0 Å². The number of amides is 4. The van der Waals surface area contributed by atoms with Crippen LogP contribution < -0.4 is 15.4 Å². The van der Waals surface area contributed by atoms with E-state index < -0.39 is 28.0 Å². The standard InChI is InChI=1S/C20H26N6O5S/c1-14-5-2-3-7-17(14)32(30,31)25-20(29)26-10-4-6-16(26)19(28)23-12-18(27)22-9-8-15-11-21-13-24-15/h2-3,5,7,11,13,16H,4,6,8-10,12H2,1H3,(H,21,24)(H,22,27)(H,23,28)(H,25,29)/t16-/m0/s1. The van der Waals surface area contributed by atoms with Crippen LogP contribution in [0.2, 0.25) is 0 Å². The molecule has 172 valence electrons. The predicted octanol–water partition coefficient (Wildman–Crippen LogP) is 0.0559. The molecule has 11 nitrogen and oxygen atoms in total. The number of nitrogens with zero attached hydrogens (tertiary/aromatic N) is 2. The fraction of sp³-hybridized carbons (Fsp3) is 0.400. The summed E-state index contributed by atoms with van der Waals surface area (Å²) in [6.45, 7) is 2.01. The van der Waals surface area contributed by atoms with Gasteiger partial charge in [0.1, 0.15) is 6.04 Å². The highest BCUT2D eigenvalue weighted by atomic mass is 32.2. The van der Waals surface area contributed by atoms with Gasteiger partial charge in [-0.15, -0.1) is 0 Å². The summed E-state index contributed by atoms with van der Waals surface area (Å²) in [5, 5.41) is 5.20. The highest BCUT2D eigenvalue weighted by molar-refractivity contribution is 7.90. The largest absolute Gasteiger partial charge is 0.354 e. The van der Waals surface area contributed by atoms with Crippen molar-refractivity contribution in [1.82, 2.24) is 30.2 Å². The first-order chi connectivity index (χ1) is 15.3. The number of carbonyl (C=O) groups is 3. The first-order valence-electron chi connectivity index (χ1n) is 10.2. The third kappa shape index (κ3) is 5.84. The van der Waals surface area contributed by atoms with Gasteiger partial charge in [0.25, 0.3) is 10.0 Å². The zero-order valence-corrected chi connectivity index (χ0v) is 18.4. The lowest BCUT2D eigenvalue weighted by molar-refractivity contribution is -0.128. The van der Waals surface area contributed by atoms with Gasteiger partial charge < -0.3 is 20.5 Å². The molecule has 2 aromatic rings. The lowest BCUT2D eigenvalue weighted by Gasteiger charge is -2.24. The smallest absolute Gasteiger partial charge is 0.331 e. The number of hydrogen-bond donors (Lipinski definition) is 4. The van der Waals surface area contributed by atoms with Gasteiger partial charge in [0, 0.05) is 31.4 Å². The van der Waals surface area contributed by atoms with E-state index in [1.165, 1.54) is 11.0 Å². The maximum Gasteiger partial charge on any atom is 0.331 e. The van der Waals surface area contributed by atoms with Crippen molar-refractivity contribution < 1.29 is 22.8 Å². The molecule has 12 heteroatoms. The third-order valence-corrected chi connectivity index (χ3v) is 6.60.